The van der Waals surface area contributed by atoms with Crippen molar-refractivity contribution in [1.29, 1.82) is 0 Å². The topological polar surface area (TPSA) is 79.6 Å². The molecular formula is C18H21N5O2S. The molecule has 0 amide bonds. The Balaban J connectivity index is 1.49. The average molecular weight is 371 g/mol. The van der Waals surface area contributed by atoms with Gasteiger partial charge in [-0.3, -0.25) is 0 Å². The maximum atomic E-state index is 12.6. The summed E-state index contributed by atoms with van der Waals surface area (Å²) in [5.41, 5.74) is 2.83. The Bertz CT molecular complexity index is 1020. The van der Waals surface area contributed by atoms with Gasteiger partial charge in [0.05, 0.1) is 10.6 Å². The number of fused-ring (bicyclic) bond motifs is 1. The second kappa shape index (κ2) is 6.69. The first-order valence-corrected chi connectivity index (χ1v) is 10.1. The van der Waals surface area contributed by atoms with Gasteiger partial charge in [-0.2, -0.15) is 9.40 Å². The van der Waals surface area contributed by atoms with E-state index in [4.69, 9.17) is 0 Å². The van der Waals surface area contributed by atoms with Crippen LogP contribution in [0.4, 0.5) is 5.82 Å². The number of benzene rings is 1. The number of hydrogen-bond donors (Lipinski definition) is 1. The third-order valence-corrected chi connectivity index (χ3v) is 6.51. The number of hydrogen-bond acceptors (Lipinski definition) is 5. The Morgan fingerprint density at radius 3 is 2.62 bits per heavy atom. The van der Waals surface area contributed by atoms with Gasteiger partial charge in [0.2, 0.25) is 10.0 Å². The second-order valence-electron chi connectivity index (χ2n) is 6.50. The summed E-state index contributed by atoms with van der Waals surface area (Å²) in [4.78, 5) is 4.73. The van der Waals surface area contributed by atoms with Crippen LogP contribution < -0.4 is 5.32 Å². The smallest absolute Gasteiger partial charge is 0.243 e. The van der Waals surface area contributed by atoms with Gasteiger partial charge in [-0.05, 0) is 43.5 Å². The van der Waals surface area contributed by atoms with Crippen molar-refractivity contribution in [3.63, 3.8) is 0 Å². The Kier molecular flexibility index (Phi) is 4.37. The Hall–Kier alpha value is -2.45. The monoisotopic (exact) mass is 371 g/mol. The molecule has 1 aliphatic heterocycles. The zero-order valence-electron chi connectivity index (χ0n) is 14.6. The van der Waals surface area contributed by atoms with Crippen molar-refractivity contribution in [3.8, 4) is 0 Å². The summed E-state index contributed by atoms with van der Waals surface area (Å²) in [5, 5.41) is 7.67. The van der Waals surface area contributed by atoms with Gasteiger partial charge in [-0.1, -0.05) is 12.1 Å². The largest absolute Gasteiger partial charge is 0.364 e. The average Bonchev–Trinajstić information content (AvgIpc) is 3.29. The lowest BCUT2D eigenvalue weighted by molar-refractivity contribution is 0.477. The number of nitrogens with zero attached hydrogens (tertiary/aromatic N) is 4. The van der Waals surface area contributed by atoms with Gasteiger partial charge >= 0.3 is 0 Å². The fraction of sp³-hybridized carbons (Fsp3) is 0.333. The Morgan fingerprint density at radius 2 is 1.88 bits per heavy atom. The van der Waals surface area contributed by atoms with Gasteiger partial charge in [-0.15, -0.1) is 0 Å². The molecule has 1 fully saturated rings. The minimum Gasteiger partial charge on any atom is -0.364 e. The van der Waals surface area contributed by atoms with Crippen LogP contribution in [0.3, 0.4) is 0 Å². The number of rotatable bonds is 5. The lowest BCUT2D eigenvalue weighted by Crippen LogP contribution is -2.27. The summed E-state index contributed by atoms with van der Waals surface area (Å²) < 4.78 is 28.5. The van der Waals surface area contributed by atoms with Gasteiger partial charge in [0.1, 0.15) is 5.52 Å². The minimum absolute atomic E-state index is 0.356. The van der Waals surface area contributed by atoms with Crippen molar-refractivity contribution in [2.45, 2.75) is 31.2 Å². The van der Waals surface area contributed by atoms with Gasteiger partial charge < -0.3 is 5.32 Å². The van der Waals surface area contributed by atoms with Crippen LogP contribution in [-0.4, -0.2) is 40.4 Å². The molecule has 0 bridgehead atoms. The molecule has 0 atom stereocenters. The molecule has 0 saturated carbocycles. The number of nitrogens with one attached hydrogen (secondary N) is 1. The first-order valence-electron chi connectivity index (χ1n) is 8.68. The van der Waals surface area contributed by atoms with Gasteiger partial charge in [0.15, 0.2) is 5.82 Å². The van der Waals surface area contributed by atoms with Crippen LogP contribution in [0.2, 0.25) is 0 Å². The molecule has 136 valence electrons. The first kappa shape index (κ1) is 17.0. The zero-order chi connectivity index (χ0) is 18.1. The van der Waals surface area contributed by atoms with E-state index in [0.717, 1.165) is 35.4 Å². The fourth-order valence-corrected chi connectivity index (χ4v) is 4.74. The quantitative estimate of drug-likeness (QED) is 0.745. The van der Waals surface area contributed by atoms with Crippen molar-refractivity contribution in [1.82, 2.24) is 18.9 Å². The maximum absolute atomic E-state index is 12.6. The molecular weight excluding hydrogens is 350 g/mol. The molecule has 8 heteroatoms. The maximum Gasteiger partial charge on any atom is 0.243 e. The van der Waals surface area contributed by atoms with Crippen LogP contribution in [0.15, 0.2) is 47.6 Å². The molecule has 0 radical (unpaired) electrons. The van der Waals surface area contributed by atoms with Crippen LogP contribution in [0.5, 0.6) is 0 Å². The van der Waals surface area contributed by atoms with E-state index in [2.05, 4.69) is 15.4 Å². The summed E-state index contributed by atoms with van der Waals surface area (Å²) in [5.74, 6) is 0.752. The van der Waals surface area contributed by atoms with Crippen LogP contribution in [-0.2, 0) is 16.6 Å². The molecule has 7 nitrogen and oxygen atoms in total. The van der Waals surface area contributed by atoms with Crippen LogP contribution in [0.1, 0.15) is 24.1 Å². The van der Waals surface area contributed by atoms with Crippen molar-refractivity contribution >= 4 is 21.4 Å². The SMILES string of the molecule is Cc1cc2c(NCc3ccc(S(=O)(=O)N4CCCC4)cc3)nccn2n1. The molecule has 0 spiro atoms. The van der Waals surface area contributed by atoms with Crippen LogP contribution in [0, 0.1) is 6.92 Å². The van der Waals surface area contributed by atoms with E-state index in [1.807, 2.05) is 31.3 Å². The molecule has 2 aromatic heterocycles. The normalized spacial score (nSPS) is 15.6. The van der Waals surface area contributed by atoms with Gasteiger partial charge in [0.25, 0.3) is 0 Å². The molecule has 3 heterocycles. The highest BCUT2D eigenvalue weighted by Crippen LogP contribution is 2.21. The van der Waals surface area contributed by atoms with Crippen LogP contribution >= 0.6 is 0 Å². The third-order valence-electron chi connectivity index (χ3n) is 4.60. The van der Waals surface area contributed by atoms with E-state index >= 15 is 0 Å². The van der Waals surface area contributed by atoms with E-state index < -0.39 is 10.0 Å². The van der Waals surface area contributed by atoms with Gasteiger partial charge in [-0.25, -0.2) is 17.9 Å². The van der Waals surface area contributed by atoms with Crippen molar-refractivity contribution in [2.75, 3.05) is 18.4 Å². The van der Waals surface area contributed by atoms with E-state index in [9.17, 15) is 8.42 Å². The molecule has 1 aliphatic rings. The van der Waals surface area contributed by atoms with Gasteiger partial charge in [0, 0.05) is 32.0 Å². The molecule has 1 saturated heterocycles. The van der Waals surface area contributed by atoms with E-state index in [1.54, 1.807) is 27.2 Å². The molecule has 0 aliphatic carbocycles. The lowest BCUT2D eigenvalue weighted by atomic mass is 10.2. The number of sulfonamides is 1. The minimum atomic E-state index is -3.36. The Labute approximate surface area is 152 Å². The molecule has 1 aromatic carbocycles. The summed E-state index contributed by atoms with van der Waals surface area (Å²) in [6.45, 7) is 3.73. The summed E-state index contributed by atoms with van der Waals surface area (Å²) in [7, 11) is -3.36. The molecule has 3 aromatic rings. The molecule has 4 rings (SSSR count). The zero-order valence-corrected chi connectivity index (χ0v) is 15.4. The van der Waals surface area contributed by atoms with E-state index in [0.29, 0.717) is 24.5 Å². The fourth-order valence-electron chi connectivity index (χ4n) is 3.22. The second-order valence-corrected chi connectivity index (χ2v) is 8.44. The third kappa shape index (κ3) is 3.17. The van der Waals surface area contributed by atoms with E-state index in [1.165, 1.54) is 0 Å². The predicted molar refractivity (Wildman–Crippen MR) is 99.5 cm³/mol. The standard InChI is InChI=1S/C18H21N5O2S/c1-14-12-17-18(19-8-11-23(17)21-14)20-13-15-4-6-16(7-5-15)26(24,25)22-9-2-3-10-22/h4-8,11-12H,2-3,9-10,13H2,1H3,(H,19,20). The van der Waals surface area contributed by atoms with Crippen molar-refractivity contribution in [3.05, 3.63) is 54.0 Å². The lowest BCUT2D eigenvalue weighted by Gasteiger charge is -2.15. The summed E-state index contributed by atoms with van der Waals surface area (Å²) >= 11 is 0. The predicted octanol–water partition coefficient (Wildman–Crippen LogP) is 2.43. The van der Waals surface area contributed by atoms with Crippen molar-refractivity contribution in [2.24, 2.45) is 0 Å². The molecule has 0 unspecified atom stereocenters. The Morgan fingerprint density at radius 1 is 1.15 bits per heavy atom. The van der Waals surface area contributed by atoms with Crippen molar-refractivity contribution < 1.29 is 8.42 Å². The highest BCUT2D eigenvalue weighted by Gasteiger charge is 2.26. The van der Waals surface area contributed by atoms with Crippen LogP contribution in [0.25, 0.3) is 5.52 Å². The highest BCUT2D eigenvalue weighted by atomic mass is 32.2. The molecule has 26 heavy (non-hydrogen) atoms. The number of aryl methyl sites for hydroxylation is 1. The summed E-state index contributed by atoms with van der Waals surface area (Å²) in [6, 6.07) is 9.03. The van der Waals surface area contributed by atoms with E-state index in [-0.39, 0.29) is 0 Å². The highest BCUT2D eigenvalue weighted by molar-refractivity contribution is 7.89. The molecule has 1 N–H and O–H groups in total. The number of aromatic nitrogens is 3. The summed E-state index contributed by atoms with van der Waals surface area (Å²) in [6.07, 6.45) is 5.39. The first-order chi connectivity index (χ1) is 12.5. The number of anilines is 1.